The van der Waals surface area contributed by atoms with E-state index in [0.29, 0.717) is 18.1 Å². The summed E-state index contributed by atoms with van der Waals surface area (Å²) in [5.41, 5.74) is 10.5. The molecule has 0 aromatic heterocycles. The number of benzene rings is 2. The van der Waals surface area contributed by atoms with Crippen LogP contribution in [0.25, 0.3) is 10.4 Å². The van der Waals surface area contributed by atoms with Crippen molar-refractivity contribution in [2.24, 2.45) is 5.11 Å². The van der Waals surface area contributed by atoms with Crippen molar-refractivity contribution in [1.29, 1.82) is 0 Å². The summed E-state index contributed by atoms with van der Waals surface area (Å²) >= 11 is 0. The van der Waals surface area contributed by atoms with Gasteiger partial charge in [0.1, 0.15) is 6.61 Å². The molecule has 5 heteroatoms. The van der Waals surface area contributed by atoms with E-state index < -0.39 is 0 Å². The largest absolute Gasteiger partial charge is 0.493 e. The molecule has 21 heavy (non-hydrogen) atoms. The molecule has 108 valence electrons. The van der Waals surface area contributed by atoms with Gasteiger partial charge < -0.3 is 9.47 Å². The fourth-order valence-corrected chi connectivity index (χ4v) is 1.95. The second kappa shape index (κ2) is 7.22. The molecule has 1 unspecified atom stereocenters. The molecule has 0 saturated carbocycles. The molecule has 0 spiro atoms. The number of rotatable bonds is 6. The Labute approximate surface area is 123 Å². The van der Waals surface area contributed by atoms with Crippen molar-refractivity contribution in [2.45, 2.75) is 19.6 Å². The predicted octanol–water partition coefficient (Wildman–Crippen LogP) is 4.65. The molecule has 5 nitrogen and oxygen atoms in total. The van der Waals surface area contributed by atoms with E-state index in [1.807, 2.05) is 55.5 Å². The molecule has 1 atom stereocenters. The molecule has 0 heterocycles. The zero-order chi connectivity index (χ0) is 15.1. The molecule has 0 bridgehead atoms. The lowest BCUT2D eigenvalue weighted by molar-refractivity contribution is 0.284. The fraction of sp³-hybridized carbons (Fsp3) is 0.250. The highest BCUT2D eigenvalue weighted by atomic mass is 16.5. The highest BCUT2D eigenvalue weighted by molar-refractivity contribution is 5.44. The lowest BCUT2D eigenvalue weighted by Crippen LogP contribution is -1.99. The second-order valence-electron chi connectivity index (χ2n) is 4.57. The first-order valence-corrected chi connectivity index (χ1v) is 6.63. The third-order valence-corrected chi connectivity index (χ3v) is 3.13. The van der Waals surface area contributed by atoms with Crippen LogP contribution in [-0.2, 0) is 6.61 Å². The van der Waals surface area contributed by atoms with Gasteiger partial charge in [-0.2, -0.15) is 0 Å². The molecule has 0 aliphatic heterocycles. The normalized spacial score (nSPS) is 11.3. The highest BCUT2D eigenvalue weighted by Gasteiger charge is 2.10. The Bertz CT molecular complexity index is 637. The quantitative estimate of drug-likeness (QED) is 0.440. The van der Waals surface area contributed by atoms with E-state index in [2.05, 4.69) is 10.0 Å². The van der Waals surface area contributed by atoms with E-state index in [1.165, 1.54) is 0 Å². The van der Waals surface area contributed by atoms with Crippen LogP contribution in [0.15, 0.2) is 53.6 Å². The van der Waals surface area contributed by atoms with E-state index in [1.54, 1.807) is 7.11 Å². The second-order valence-corrected chi connectivity index (χ2v) is 4.57. The SMILES string of the molecule is COc1ccc(C(C)N=[N+]=[N-])cc1OCc1ccccc1. The predicted molar refractivity (Wildman–Crippen MR) is 81.3 cm³/mol. The summed E-state index contributed by atoms with van der Waals surface area (Å²) in [6.07, 6.45) is 0. The number of azide groups is 1. The van der Waals surface area contributed by atoms with E-state index in [0.717, 1.165) is 11.1 Å². The average molecular weight is 283 g/mol. The Kier molecular flexibility index (Phi) is 5.07. The van der Waals surface area contributed by atoms with Crippen LogP contribution in [0.5, 0.6) is 11.5 Å². The van der Waals surface area contributed by atoms with Gasteiger partial charge >= 0.3 is 0 Å². The minimum atomic E-state index is -0.250. The van der Waals surface area contributed by atoms with Crippen molar-refractivity contribution in [1.82, 2.24) is 0 Å². The molecule has 2 rings (SSSR count). The number of nitrogens with zero attached hydrogens (tertiary/aromatic N) is 3. The smallest absolute Gasteiger partial charge is 0.161 e. The number of hydrogen-bond donors (Lipinski definition) is 0. The number of ether oxygens (including phenoxy) is 2. The topological polar surface area (TPSA) is 67.2 Å². The molecule has 2 aromatic rings. The van der Waals surface area contributed by atoms with Crippen LogP contribution < -0.4 is 9.47 Å². The van der Waals surface area contributed by atoms with Crippen LogP contribution >= 0.6 is 0 Å². The highest BCUT2D eigenvalue weighted by Crippen LogP contribution is 2.31. The molecular weight excluding hydrogens is 266 g/mol. The third kappa shape index (κ3) is 3.91. The molecule has 2 aromatic carbocycles. The molecule has 0 amide bonds. The molecule has 0 N–H and O–H groups in total. The van der Waals surface area contributed by atoms with Gasteiger partial charge in [-0.25, -0.2) is 0 Å². The van der Waals surface area contributed by atoms with Gasteiger partial charge in [-0.15, -0.1) is 0 Å². The van der Waals surface area contributed by atoms with Gasteiger partial charge in [0.2, 0.25) is 0 Å². The summed E-state index contributed by atoms with van der Waals surface area (Å²) < 4.78 is 11.1. The van der Waals surface area contributed by atoms with Crippen molar-refractivity contribution in [3.8, 4) is 11.5 Å². The maximum Gasteiger partial charge on any atom is 0.161 e. The van der Waals surface area contributed by atoms with Crippen molar-refractivity contribution >= 4 is 0 Å². The van der Waals surface area contributed by atoms with Gasteiger partial charge in [0.05, 0.1) is 13.2 Å². The Morgan fingerprint density at radius 1 is 1.14 bits per heavy atom. The first-order valence-electron chi connectivity index (χ1n) is 6.63. The summed E-state index contributed by atoms with van der Waals surface area (Å²) in [6, 6.07) is 15.2. The van der Waals surface area contributed by atoms with Crippen molar-refractivity contribution in [3.05, 3.63) is 70.1 Å². The van der Waals surface area contributed by atoms with Crippen molar-refractivity contribution in [2.75, 3.05) is 7.11 Å². The summed E-state index contributed by atoms with van der Waals surface area (Å²) in [7, 11) is 1.60. The van der Waals surface area contributed by atoms with Crippen LogP contribution in [0.1, 0.15) is 24.1 Å². The maximum atomic E-state index is 8.52. The zero-order valence-electron chi connectivity index (χ0n) is 12.1. The summed E-state index contributed by atoms with van der Waals surface area (Å²) in [5.74, 6) is 1.29. The minimum absolute atomic E-state index is 0.250. The van der Waals surface area contributed by atoms with Crippen LogP contribution in [-0.4, -0.2) is 7.11 Å². The maximum absolute atomic E-state index is 8.52. The average Bonchev–Trinajstić information content (AvgIpc) is 2.54. The van der Waals surface area contributed by atoms with E-state index >= 15 is 0 Å². The first kappa shape index (κ1) is 14.8. The third-order valence-electron chi connectivity index (χ3n) is 3.13. The van der Waals surface area contributed by atoms with Crippen molar-refractivity contribution in [3.63, 3.8) is 0 Å². The standard InChI is InChI=1S/C16H17N3O2/c1-12(18-19-17)14-8-9-15(20-2)16(10-14)21-11-13-6-4-3-5-7-13/h3-10,12H,11H2,1-2H3. The Morgan fingerprint density at radius 2 is 1.90 bits per heavy atom. The van der Waals surface area contributed by atoms with E-state index in [-0.39, 0.29) is 6.04 Å². The lowest BCUT2D eigenvalue weighted by Gasteiger charge is -2.13. The van der Waals surface area contributed by atoms with E-state index in [4.69, 9.17) is 15.0 Å². The monoisotopic (exact) mass is 283 g/mol. The number of methoxy groups -OCH3 is 1. The molecule has 0 fully saturated rings. The minimum Gasteiger partial charge on any atom is -0.493 e. The Hall–Kier alpha value is -2.65. The first-order chi connectivity index (χ1) is 10.2. The molecule has 0 saturated heterocycles. The summed E-state index contributed by atoms with van der Waals surface area (Å²) in [6.45, 7) is 2.29. The zero-order valence-corrected chi connectivity index (χ0v) is 12.1. The molecule has 0 aliphatic carbocycles. The van der Waals surface area contributed by atoms with Crippen LogP contribution in [0.4, 0.5) is 0 Å². The van der Waals surface area contributed by atoms with Gasteiger partial charge in [-0.05, 0) is 28.8 Å². The van der Waals surface area contributed by atoms with Crippen LogP contribution in [0.2, 0.25) is 0 Å². The Morgan fingerprint density at radius 3 is 2.57 bits per heavy atom. The van der Waals surface area contributed by atoms with Crippen molar-refractivity contribution < 1.29 is 9.47 Å². The summed E-state index contributed by atoms with van der Waals surface area (Å²) in [5, 5.41) is 3.69. The number of hydrogen-bond acceptors (Lipinski definition) is 3. The van der Waals surface area contributed by atoms with Gasteiger partial charge in [0, 0.05) is 4.91 Å². The molecule has 0 radical (unpaired) electrons. The van der Waals surface area contributed by atoms with E-state index in [9.17, 15) is 0 Å². The molecular formula is C16H17N3O2. The van der Waals surface area contributed by atoms with Gasteiger partial charge in [-0.3, -0.25) is 0 Å². The van der Waals surface area contributed by atoms with Gasteiger partial charge in [0.25, 0.3) is 0 Å². The Balaban J connectivity index is 2.19. The summed E-state index contributed by atoms with van der Waals surface area (Å²) in [4.78, 5) is 2.83. The van der Waals surface area contributed by atoms with Gasteiger partial charge in [-0.1, -0.05) is 48.4 Å². The van der Waals surface area contributed by atoms with Crippen LogP contribution in [0, 0.1) is 0 Å². The van der Waals surface area contributed by atoms with Crippen LogP contribution in [0.3, 0.4) is 0 Å². The lowest BCUT2D eigenvalue weighted by atomic mass is 10.1. The molecule has 0 aliphatic rings. The van der Waals surface area contributed by atoms with Gasteiger partial charge in [0.15, 0.2) is 11.5 Å². The fourth-order valence-electron chi connectivity index (χ4n) is 1.95.